The third-order valence-corrected chi connectivity index (χ3v) is 2.81. The van der Waals surface area contributed by atoms with E-state index in [9.17, 15) is 19.5 Å². The fraction of sp³-hybridized carbons (Fsp3) is 0.727. The summed E-state index contributed by atoms with van der Waals surface area (Å²) in [7, 11) is 0. The van der Waals surface area contributed by atoms with Gasteiger partial charge in [0.05, 0.1) is 12.7 Å². The largest absolute Gasteiger partial charge is 0.480 e. The number of nitrogens with one attached hydrogen (secondary N) is 1. The van der Waals surface area contributed by atoms with Gasteiger partial charge in [-0.3, -0.25) is 0 Å². The number of carbonyl (C=O) groups excluding carboxylic acids is 2. The summed E-state index contributed by atoms with van der Waals surface area (Å²) in [5.74, 6) is -1.78. The van der Waals surface area contributed by atoms with Crippen molar-refractivity contribution in [3.8, 4) is 0 Å². The van der Waals surface area contributed by atoms with Gasteiger partial charge in [0.2, 0.25) is 0 Å². The molecule has 1 rings (SSSR count). The van der Waals surface area contributed by atoms with Crippen molar-refractivity contribution < 1.29 is 29.3 Å². The number of carbonyl (C=O) groups is 3. The van der Waals surface area contributed by atoms with Gasteiger partial charge in [0.25, 0.3) is 0 Å². The van der Waals surface area contributed by atoms with Crippen molar-refractivity contribution in [1.82, 2.24) is 10.2 Å². The molecule has 0 aromatic rings. The average molecular weight is 274 g/mol. The summed E-state index contributed by atoms with van der Waals surface area (Å²) in [4.78, 5) is 35.2. The van der Waals surface area contributed by atoms with E-state index in [0.717, 1.165) is 4.90 Å². The summed E-state index contributed by atoms with van der Waals surface area (Å²) in [6, 6.07) is -2.66. The molecule has 1 aliphatic heterocycles. The van der Waals surface area contributed by atoms with Crippen LogP contribution in [-0.2, 0) is 14.3 Å². The zero-order chi connectivity index (χ0) is 14.6. The van der Waals surface area contributed by atoms with Crippen LogP contribution in [0, 0.1) is 0 Å². The number of hydrogen-bond donors (Lipinski definition) is 3. The van der Waals surface area contributed by atoms with E-state index in [1.165, 1.54) is 6.92 Å². The van der Waals surface area contributed by atoms with Crippen LogP contribution in [0.5, 0.6) is 0 Å². The van der Waals surface area contributed by atoms with Crippen molar-refractivity contribution in [2.45, 2.75) is 38.5 Å². The highest BCUT2D eigenvalue weighted by Gasteiger charge is 2.39. The molecule has 0 spiro atoms. The first-order chi connectivity index (χ1) is 8.86. The van der Waals surface area contributed by atoms with Gasteiger partial charge < -0.3 is 25.2 Å². The van der Waals surface area contributed by atoms with Crippen LogP contribution >= 0.6 is 0 Å². The molecule has 8 heteroatoms. The minimum absolute atomic E-state index is 0.0173. The standard InChI is InChI=1S/C11H18N2O6/c1-3-19-10(17)6(2)12-11(18)13-5-7(14)4-8(13)9(15)16/h6-8,14H,3-5H2,1-2H3,(H,12,18)(H,15,16)/t6?,7?,8-/m0/s1. The number of ether oxygens (including phenoxy) is 1. The molecule has 108 valence electrons. The molecule has 2 amide bonds. The number of aliphatic hydroxyl groups excluding tert-OH is 1. The van der Waals surface area contributed by atoms with Crippen LogP contribution in [0.1, 0.15) is 20.3 Å². The lowest BCUT2D eigenvalue weighted by Crippen LogP contribution is -2.50. The van der Waals surface area contributed by atoms with Gasteiger partial charge in [-0.15, -0.1) is 0 Å². The Morgan fingerprint density at radius 2 is 2.11 bits per heavy atom. The Labute approximate surface area is 110 Å². The molecule has 0 aromatic carbocycles. The van der Waals surface area contributed by atoms with Crippen LogP contribution in [0.3, 0.4) is 0 Å². The number of esters is 1. The monoisotopic (exact) mass is 274 g/mol. The number of hydrogen-bond acceptors (Lipinski definition) is 5. The fourth-order valence-electron chi connectivity index (χ4n) is 1.87. The average Bonchev–Trinajstić information content (AvgIpc) is 2.71. The number of rotatable bonds is 4. The minimum atomic E-state index is -1.18. The lowest BCUT2D eigenvalue weighted by molar-refractivity contribution is -0.144. The van der Waals surface area contributed by atoms with Gasteiger partial charge in [-0.1, -0.05) is 0 Å². The highest BCUT2D eigenvalue weighted by molar-refractivity contribution is 5.87. The zero-order valence-corrected chi connectivity index (χ0v) is 10.8. The molecule has 1 saturated heterocycles. The normalized spacial score (nSPS) is 23.8. The molecule has 1 heterocycles. The predicted molar refractivity (Wildman–Crippen MR) is 63.4 cm³/mol. The Bertz CT molecular complexity index is 372. The second kappa shape index (κ2) is 6.37. The SMILES string of the molecule is CCOC(=O)C(C)NC(=O)N1CC(O)C[C@H]1C(=O)O. The van der Waals surface area contributed by atoms with E-state index in [4.69, 9.17) is 9.84 Å². The van der Waals surface area contributed by atoms with E-state index in [2.05, 4.69) is 5.32 Å². The molecule has 0 aliphatic carbocycles. The van der Waals surface area contributed by atoms with Crippen molar-refractivity contribution in [2.24, 2.45) is 0 Å². The van der Waals surface area contributed by atoms with Gasteiger partial charge >= 0.3 is 18.0 Å². The van der Waals surface area contributed by atoms with Gasteiger partial charge in [-0.05, 0) is 13.8 Å². The van der Waals surface area contributed by atoms with Crippen LogP contribution in [0.2, 0.25) is 0 Å². The summed E-state index contributed by atoms with van der Waals surface area (Å²) in [6.07, 6.45) is -0.888. The Kier molecular flexibility index (Phi) is 5.11. The number of β-amino-alcohol motifs (C(OH)–C–C–N with tert-alkyl or cyclic N) is 1. The van der Waals surface area contributed by atoms with Crippen LogP contribution in [0.25, 0.3) is 0 Å². The lowest BCUT2D eigenvalue weighted by atomic mass is 10.2. The molecule has 0 saturated carbocycles. The van der Waals surface area contributed by atoms with Crippen LogP contribution in [0.15, 0.2) is 0 Å². The second-order valence-corrected chi connectivity index (χ2v) is 4.32. The molecular weight excluding hydrogens is 256 g/mol. The molecule has 0 bridgehead atoms. The van der Waals surface area contributed by atoms with Gasteiger partial charge in [0.15, 0.2) is 0 Å². The van der Waals surface area contributed by atoms with E-state index in [1.807, 2.05) is 0 Å². The van der Waals surface area contributed by atoms with Crippen molar-refractivity contribution in [3.05, 3.63) is 0 Å². The first kappa shape index (κ1) is 15.2. The molecule has 1 aliphatic rings. The maximum absolute atomic E-state index is 11.9. The molecular formula is C11H18N2O6. The van der Waals surface area contributed by atoms with Gasteiger partial charge in [-0.2, -0.15) is 0 Å². The first-order valence-electron chi connectivity index (χ1n) is 6.01. The summed E-state index contributed by atoms with van der Waals surface area (Å²) >= 11 is 0. The molecule has 8 nitrogen and oxygen atoms in total. The van der Waals surface area contributed by atoms with E-state index >= 15 is 0 Å². The maximum Gasteiger partial charge on any atom is 0.328 e. The number of aliphatic hydroxyl groups is 1. The van der Waals surface area contributed by atoms with Crippen molar-refractivity contribution in [1.29, 1.82) is 0 Å². The minimum Gasteiger partial charge on any atom is -0.480 e. The quantitative estimate of drug-likeness (QED) is 0.576. The number of carboxylic acid groups (broad SMARTS) is 1. The van der Waals surface area contributed by atoms with Gasteiger partial charge in [0, 0.05) is 13.0 Å². The number of amides is 2. The molecule has 19 heavy (non-hydrogen) atoms. The van der Waals surface area contributed by atoms with E-state index in [1.54, 1.807) is 6.92 Å². The zero-order valence-electron chi connectivity index (χ0n) is 10.8. The third kappa shape index (κ3) is 3.82. The van der Waals surface area contributed by atoms with E-state index in [0.29, 0.717) is 0 Å². The topological polar surface area (TPSA) is 116 Å². The summed E-state index contributed by atoms with van der Waals surface area (Å²) in [5.41, 5.74) is 0. The second-order valence-electron chi connectivity index (χ2n) is 4.32. The highest BCUT2D eigenvalue weighted by Crippen LogP contribution is 2.18. The molecule has 0 aromatic heterocycles. The number of nitrogens with zero attached hydrogens (tertiary/aromatic N) is 1. The summed E-state index contributed by atoms with van der Waals surface area (Å²) in [6.45, 7) is 3.21. The van der Waals surface area contributed by atoms with E-state index in [-0.39, 0.29) is 19.6 Å². The molecule has 0 radical (unpaired) electrons. The number of carboxylic acids is 1. The molecule has 3 atom stereocenters. The van der Waals surface area contributed by atoms with E-state index < -0.39 is 36.2 Å². The molecule has 1 fully saturated rings. The maximum atomic E-state index is 11.9. The number of aliphatic carboxylic acids is 1. The third-order valence-electron chi connectivity index (χ3n) is 2.81. The summed E-state index contributed by atoms with van der Waals surface area (Å²) < 4.78 is 4.72. The lowest BCUT2D eigenvalue weighted by Gasteiger charge is -2.23. The summed E-state index contributed by atoms with van der Waals surface area (Å²) in [5, 5.41) is 20.7. The Hall–Kier alpha value is -1.83. The van der Waals surface area contributed by atoms with Crippen LogP contribution in [0.4, 0.5) is 4.79 Å². The Morgan fingerprint density at radius 3 is 2.63 bits per heavy atom. The van der Waals surface area contributed by atoms with Gasteiger partial charge in [0.1, 0.15) is 12.1 Å². The van der Waals surface area contributed by atoms with Crippen LogP contribution in [-0.4, -0.2) is 64.4 Å². The molecule has 3 N–H and O–H groups in total. The predicted octanol–water partition coefficient (Wildman–Crippen LogP) is -0.833. The Morgan fingerprint density at radius 1 is 1.47 bits per heavy atom. The van der Waals surface area contributed by atoms with Crippen molar-refractivity contribution in [3.63, 3.8) is 0 Å². The van der Waals surface area contributed by atoms with Crippen molar-refractivity contribution >= 4 is 18.0 Å². The number of urea groups is 1. The van der Waals surface area contributed by atoms with Gasteiger partial charge in [-0.25, -0.2) is 14.4 Å². The molecule has 2 unspecified atom stereocenters. The first-order valence-corrected chi connectivity index (χ1v) is 6.01. The fourth-order valence-corrected chi connectivity index (χ4v) is 1.87. The Balaban J connectivity index is 2.62. The highest BCUT2D eigenvalue weighted by atomic mass is 16.5. The smallest absolute Gasteiger partial charge is 0.328 e. The number of likely N-dealkylation sites (tertiary alicyclic amines) is 1. The van der Waals surface area contributed by atoms with Crippen molar-refractivity contribution in [2.75, 3.05) is 13.2 Å². The van der Waals surface area contributed by atoms with Crippen LogP contribution < -0.4 is 5.32 Å².